The number of hydrogen-bond donors (Lipinski definition) is 3. The van der Waals surface area contributed by atoms with E-state index in [1.54, 1.807) is 36.4 Å². The number of benzene rings is 2. The van der Waals surface area contributed by atoms with Gasteiger partial charge in [0.2, 0.25) is 0 Å². The lowest BCUT2D eigenvalue weighted by molar-refractivity contribution is 0.100. The highest BCUT2D eigenvalue weighted by Crippen LogP contribution is 2.34. The summed E-state index contributed by atoms with van der Waals surface area (Å²) >= 11 is 6.10. The van der Waals surface area contributed by atoms with Crippen LogP contribution in [0.25, 0.3) is 10.9 Å². The molecule has 31 heavy (non-hydrogen) atoms. The van der Waals surface area contributed by atoms with E-state index < -0.39 is 21.0 Å². The molecule has 4 rings (SSSR count). The number of aromatic nitrogens is 1. The summed E-state index contributed by atoms with van der Waals surface area (Å²) in [6.45, 7) is 3.15. The van der Waals surface area contributed by atoms with E-state index in [0.717, 1.165) is 0 Å². The Labute approximate surface area is 185 Å². The fourth-order valence-corrected chi connectivity index (χ4v) is 6.00. The van der Waals surface area contributed by atoms with Gasteiger partial charge in [-0.15, -0.1) is 0 Å². The quantitative estimate of drug-likeness (QED) is 0.538. The summed E-state index contributed by atoms with van der Waals surface area (Å²) < 4.78 is 26.7. The Hall–Kier alpha value is -2.68. The zero-order valence-corrected chi connectivity index (χ0v) is 18.6. The predicted octanol–water partition coefficient (Wildman–Crippen LogP) is 3.56. The van der Waals surface area contributed by atoms with E-state index in [4.69, 9.17) is 17.3 Å². The van der Waals surface area contributed by atoms with E-state index in [9.17, 15) is 13.2 Å². The van der Waals surface area contributed by atoms with Crippen molar-refractivity contribution in [2.45, 2.75) is 29.9 Å². The average molecular weight is 459 g/mol. The fraction of sp³-hybridized carbons (Fsp3) is 0.273. The molecule has 0 spiro atoms. The summed E-state index contributed by atoms with van der Waals surface area (Å²) in [5, 5.41) is 6.98. The molecule has 1 fully saturated rings. The number of piperidine rings is 1. The number of carbonyl (C=O) groups is 1. The Kier molecular flexibility index (Phi) is 5.88. The summed E-state index contributed by atoms with van der Waals surface area (Å²) in [6.07, 6.45) is 2.53. The highest BCUT2D eigenvalue weighted by atomic mass is 35.5. The molecule has 7 nitrogen and oxygen atoms in total. The van der Waals surface area contributed by atoms with E-state index in [2.05, 4.69) is 15.6 Å². The number of primary amides is 1. The molecule has 0 unspecified atom stereocenters. The Bertz CT molecular complexity index is 1270. The van der Waals surface area contributed by atoms with Gasteiger partial charge in [0.1, 0.15) is 0 Å². The number of pyridine rings is 1. The minimum Gasteiger partial charge on any atom is -0.365 e. The third-order valence-corrected chi connectivity index (χ3v) is 8.03. The van der Waals surface area contributed by atoms with Crippen LogP contribution in [0.3, 0.4) is 0 Å². The van der Waals surface area contributed by atoms with Crippen LogP contribution in [0.4, 0.5) is 11.4 Å². The van der Waals surface area contributed by atoms with Gasteiger partial charge >= 0.3 is 0 Å². The van der Waals surface area contributed by atoms with Crippen LogP contribution in [-0.2, 0) is 9.84 Å². The second-order valence-electron chi connectivity index (χ2n) is 7.68. The Morgan fingerprint density at radius 1 is 1.23 bits per heavy atom. The van der Waals surface area contributed by atoms with Crippen LogP contribution in [-0.4, -0.2) is 37.6 Å². The SMILES string of the molecule is Cc1cc(S(=O)(=O)C2CCNCC2)cc2c(Nc3cccc(Cl)c3)c(C(N)=O)cnc12. The van der Waals surface area contributed by atoms with Gasteiger partial charge in [-0.05, 0) is 68.8 Å². The van der Waals surface area contributed by atoms with Gasteiger partial charge in [-0.2, -0.15) is 0 Å². The molecule has 1 amide bonds. The van der Waals surface area contributed by atoms with Gasteiger partial charge in [-0.25, -0.2) is 8.42 Å². The van der Waals surface area contributed by atoms with E-state index in [0.29, 0.717) is 58.8 Å². The van der Waals surface area contributed by atoms with Gasteiger partial charge < -0.3 is 16.4 Å². The van der Waals surface area contributed by atoms with Crippen molar-refractivity contribution in [1.29, 1.82) is 0 Å². The Morgan fingerprint density at radius 3 is 2.65 bits per heavy atom. The molecule has 0 radical (unpaired) electrons. The minimum absolute atomic E-state index is 0.170. The molecule has 2 heterocycles. The zero-order valence-electron chi connectivity index (χ0n) is 17.0. The van der Waals surface area contributed by atoms with Crippen molar-refractivity contribution in [1.82, 2.24) is 10.3 Å². The number of carbonyl (C=O) groups excluding carboxylic acids is 1. The number of aryl methyl sites for hydroxylation is 1. The van der Waals surface area contributed by atoms with Crippen LogP contribution >= 0.6 is 11.6 Å². The summed E-state index contributed by atoms with van der Waals surface area (Å²) in [6, 6.07) is 10.3. The third kappa shape index (κ3) is 4.23. The van der Waals surface area contributed by atoms with Crippen molar-refractivity contribution >= 4 is 49.6 Å². The monoisotopic (exact) mass is 458 g/mol. The molecule has 1 aliphatic rings. The first kappa shape index (κ1) is 21.5. The summed E-state index contributed by atoms with van der Waals surface area (Å²) in [7, 11) is -3.54. The van der Waals surface area contributed by atoms with Gasteiger partial charge in [0.15, 0.2) is 9.84 Å². The van der Waals surface area contributed by atoms with E-state index in [1.807, 2.05) is 6.92 Å². The van der Waals surface area contributed by atoms with Crippen LogP contribution in [0.5, 0.6) is 0 Å². The lowest BCUT2D eigenvalue weighted by Gasteiger charge is -2.23. The number of rotatable bonds is 5. The van der Waals surface area contributed by atoms with Crippen LogP contribution < -0.4 is 16.4 Å². The van der Waals surface area contributed by atoms with Crippen molar-refractivity contribution in [3.8, 4) is 0 Å². The molecule has 1 aliphatic heterocycles. The second-order valence-corrected chi connectivity index (χ2v) is 10.3. The van der Waals surface area contributed by atoms with Gasteiger partial charge in [-0.1, -0.05) is 17.7 Å². The number of anilines is 2. The minimum atomic E-state index is -3.54. The van der Waals surface area contributed by atoms with E-state index >= 15 is 0 Å². The van der Waals surface area contributed by atoms with Crippen LogP contribution in [0.1, 0.15) is 28.8 Å². The smallest absolute Gasteiger partial charge is 0.252 e. The number of halogens is 1. The third-order valence-electron chi connectivity index (χ3n) is 5.55. The fourth-order valence-electron chi connectivity index (χ4n) is 3.94. The lowest BCUT2D eigenvalue weighted by atomic mass is 10.1. The maximum Gasteiger partial charge on any atom is 0.252 e. The normalized spacial score (nSPS) is 15.2. The number of amides is 1. The number of nitrogens with one attached hydrogen (secondary N) is 2. The maximum absolute atomic E-state index is 13.3. The zero-order chi connectivity index (χ0) is 22.2. The first-order chi connectivity index (χ1) is 14.8. The van der Waals surface area contributed by atoms with Crippen molar-refractivity contribution in [3.63, 3.8) is 0 Å². The first-order valence-corrected chi connectivity index (χ1v) is 11.9. The molecule has 0 atom stereocenters. The standard InChI is InChI=1S/C22H23ClN4O3S/c1-13-9-17(31(29,30)16-5-7-25-8-6-16)11-18-20(13)26-12-19(22(24)28)21(18)27-15-4-2-3-14(23)10-15/h2-4,9-12,16,25H,5-8H2,1H3,(H2,24,28)(H,26,27). The van der Waals surface area contributed by atoms with E-state index in [1.165, 1.54) is 6.20 Å². The molecular weight excluding hydrogens is 436 g/mol. The molecule has 162 valence electrons. The molecule has 1 saturated heterocycles. The molecule has 2 aromatic carbocycles. The molecule has 9 heteroatoms. The van der Waals surface area contributed by atoms with Gasteiger partial charge in [0, 0.05) is 22.3 Å². The lowest BCUT2D eigenvalue weighted by Crippen LogP contribution is -2.35. The Morgan fingerprint density at radius 2 is 1.97 bits per heavy atom. The van der Waals surface area contributed by atoms with Gasteiger partial charge in [0.25, 0.3) is 5.91 Å². The molecule has 0 saturated carbocycles. The van der Waals surface area contributed by atoms with Crippen LogP contribution in [0.15, 0.2) is 47.5 Å². The van der Waals surface area contributed by atoms with Gasteiger partial charge in [0.05, 0.1) is 26.9 Å². The second kappa shape index (κ2) is 8.45. The van der Waals surface area contributed by atoms with Crippen LogP contribution in [0.2, 0.25) is 5.02 Å². The highest BCUT2D eigenvalue weighted by Gasteiger charge is 2.30. The average Bonchev–Trinajstić information content (AvgIpc) is 2.74. The maximum atomic E-state index is 13.3. The molecular formula is C22H23ClN4O3S. The summed E-state index contributed by atoms with van der Waals surface area (Å²) in [5.74, 6) is -0.664. The van der Waals surface area contributed by atoms with Crippen molar-refractivity contribution in [3.05, 3.63) is 58.7 Å². The molecule has 0 aliphatic carbocycles. The molecule has 4 N–H and O–H groups in total. The molecule has 3 aromatic rings. The summed E-state index contributed by atoms with van der Waals surface area (Å²) in [4.78, 5) is 16.7. The largest absolute Gasteiger partial charge is 0.365 e. The topological polar surface area (TPSA) is 114 Å². The van der Waals surface area contributed by atoms with E-state index in [-0.39, 0.29) is 10.5 Å². The number of nitrogens with two attached hydrogens (primary N) is 1. The van der Waals surface area contributed by atoms with Crippen molar-refractivity contribution in [2.24, 2.45) is 5.73 Å². The van der Waals surface area contributed by atoms with Crippen molar-refractivity contribution in [2.75, 3.05) is 18.4 Å². The number of hydrogen-bond acceptors (Lipinski definition) is 6. The number of fused-ring (bicyclic) bond motifs is 1. The van der Waals surface area contributed by atoms with Crippen LogP contribution in [0, 0.1) is 6.92 Å². The Balaban J connectivity index is 1.91. The highest BCUT2D eigenvalue weighted by molar-refractivity contribution is 7.92. The summed E-state index contributed by atoms with van der Waals surface area (Å²) in [5.41, 5.74) is 8.12. The van der Waals surface area contributed by atoms with Crippen molar-refractivity contribution < 1.29 is 13.2 Å². The van der Waals surface area contributed by atoms with Gasteiger partial charge in [-0.3, -0.25) is 9.78 Å². The number of nitrogens with zero attached hydrogens (tertiary/aromatic N) is 1. The first-order valence-electron chi connectivity index (χ1n) is 9.98. The number of sulfone groups is 1. The predicted molar refractivity (Wildman–Crippen MR) is 123 cm³/mol. The molecule has 0 bridgehead atoms. The molecule has 1 aromatic heterocycles.